The van der Waals surface area contributed by atoms with Crippen molar-refractivity contribution < 1.29 is 19.7 Å². The highest BCUT2D eigenvalue weighted by Crippen LogP contribution is 2.26. The van der Waals surface area contributed by atoms with Gasteiger partial charge in [0.2, 0.25) is 0 Å². The van der Waals surface area contributed by atoms with Gasteiger partial charge in [-0.3, -0.25) is 9.80 Å². The number of β-amino-alcohol motifs (C(OH)–C–C–N with tert-alkyl or cyclic N) is 1. The van der Waals surface area contributed by atoms with Gasteiger partial charge in [0.15, 0.2) is 0 Å². The van der Waals surface area contributed by atoms with Gasteiger partial charge < -0.3 is 19.7 Å². The summed E-state index contributed by atoms with van der Waals surface area (Å²) >= 11 is 5.92. The van der Waals surface area contributed by atoms with Gasteiger partial charge in [0.05, 0.1) is 6.10 Å². The number of ether oxygens (including phenoxy) is 2. The lowest BCUT2D eigenvalue weighted by molar-refractivity contribution is -0.140. The molecule has 0 aliphatic carbocycles. The van der Waals surface area contributed by atoms with Crippen molar-refractivity contribution in [2.24, 2.45) is 0 Å². The molecule has 1 heterocycles. The van der Waals surface area contributed by atoms with Crippen molar-refractivity contribution in [3.05, 3.63) is 59.1 Å². The van der Waals surface area contributed by atoms with Crippen molar-refractivity contribution in [3.63, 3.8) is 0 Å². The van der Waals surface area contributed by atoms with Crippen LogP contribution in [0.3, 0.4) is 0 Å². The van der Waals surface area contributed by atoms with Crippen molar-refractivity contribution in [3.8, 4) is 11.5 Å². The summed E-state index contributed by atoms with van der Waals surface area (Å²) in [5.74, 6) is 1.47. The largest absolute Gasteiger partial charge is 0.492 e. The first kappa shape index (κ1) is 26.8. The van der Waals surface area contributed by atoms with Crippen molar-refractivity contribution in [2.75, 3.05) is 32.8 Å². The van der Waals surface area contributed by atoms with E-state index in [1.807, 2.05) is 12.1 Å². The van der Waals surface area contributed by atoms with Gasteiger partial charge in [0.1, 0.15) is 30.3 Å². The standard InChI is InChI=1S/C27H39ClN2O4/c1-20(2)30(21(3)4)15-16-33-24-9-5-22(6-10-24)17-29-14-13-26(31)27(32,18-29)19-34-25-11-7-23(28)8-12-25/h5-12,20-21,26,31-32H,13-19H2,1-4H3/t26-,27-/m0/s1. The molecule has 2 aromatic carbocycles. The monoisotopic (exact) mass is 490 g/mol. The SMILES string of the molecule is CC(C)N(CCOc1ccc(CN2CC[C@H](O)[C@@](O)(COc3ccc(Cl)cc3)C2)cc1)C(C)C. The smallest absolute Gasteiger partial charge is 0.137 e. The summed E-state index contributed by atoms with van der Waals surface area (Å²) in [5.41, 5.74) is -0.199. The number of rotatable bonds is 11. The van der Waals surface area contributed by atoms with Crippen LogP contribution < -0.4 is 9.47 Å². The van der Waals surface area contributed by atoms with Crippen LogP contribution in [0, 0.1) is 0 Å². The Balaban J connectivity index is 1.50. The quantitative estimate of drug-likeness (QED) is 0.492. The maximum atomic E-state index is 11.1. The first-order valence-corrected chi connectivity index (χ1v) is 12.5. The fourth-order valence-electron chi connectivity index (χ4n) is 4.49. The molecule has 2 atom stereocenters. The second kappa shape index (κ2) is 12.2. The topological polar surface area (TPSA) is 65.4 Å². The van der Waals surface area contributed by atoms with Crippen LogP contribution in [0.1, 0.15) is 39.7 Å². The molecule has 7 heteroatoms. The van der Waals surface area contributed by atoms with Crippen molar-refractivity contribution in [1.29, 1.82) is 0 Å². The third-order valence-corrected chi connectivity index (χ3v) is 6.67. The number of likely N-dealkylation sites (tertiary alicyclic amines) is 1. The highest BCUT2D eigenvalue weighted by molar-refractivity contribution is 6.30. The Hall–Kier alpha value is -1.83. The van der Waals surface area contributed by atoms with Gasteiger partial charge in [-0.25, -0.2) is 0 Å². The number of piperidine rings is 1. The highest BCUT2D eigenvalue weighted by atomic mass is 35.5. The molecule has 1 aliphatic heterocycles. The number of nitrogens with zero attached hydrogens (tertiary/aromatic N) is 2. The minimum atomic E-state index is -1.33. The van der Waals surface area contributed by atoms with Gasteiger partial charge in [0, 0.05) is 43.3 Å². The Morgan fingerprint density at radius 2 is 1.59 bits per heavy atom. The maximum Gasteiger partial charge on any atom is 0.137 e. The Morgan fingerprint density at radius 1 is 1.00 bits per heavy atom. The van der Waals surface area contributed by atoms with Crippen LogP contribution in [0.25, 0.3) is 0 Å². The Bertz CT molecular complexity index is 867. The van der Waals surface area contributed by atoms with E-state index in [9.17, 15) is 10.2 Å². The molecule has 1 saturated heterocycles. The summed E-state index contributed by atoms with van der Waals surface area (Å²) in [6.07, 6.45) is -0.341. The maximum absolute atomic E-state index is 11.1. The number of hydrogen-bond acceptors (Lipinski definition) is 6. The van der Waals surface area contributed by atoms with Crippen molar-refractivity contribution >= 4 is 11.6 Å². The predicted molar refractivity (Wildman–Crippen MR) is 137 cm³/mol. The average Bonchev–Trinajstić information content (AvgIpc) is 2.79. The molecular weight excluding hydrogens is 452 g/mol. The van der Waals surface area contributed by atoms with Crippen LogP contribution in [0.15, 0.2) is 48.5 Å². The number of benzene rings is 2. The van der Waals surface area contributed by atoms with Gasteiger partial charge in [-0.2, -0.15) is 0 Å². The van der Waals surface area contributed by atoms with Gasteiger partial charge >= 0.3 is 0 Å². The zero-order chi connectivity index (χ0) is 24.7. The molecule has 0 radical (unpaired) electrons. The van der Waals surface area contributed by atoms with E-state index in [0.29, 0.717) is 55.5 Å². The molecule has 1 fully saturated rings. The average molecular weight is 491 g/mol. The molecule has 0 saturated carbocycles. The van der Waals surface area contributed by atoms with Crippen molar-refractivity contribution in [1.82, 2.24) is 9.80 Å². The van der Waals surface area contributed by atoms with Crippen LogP contribution in [0.2, 0.25) is 5.02 Å². The van der Waals surface area contributed by atoms with Crippen LogP contribution in [-0.4, -0.2) is 76.6 Å². The third-order valence-electron chi connectivity index (χ3n) is 6.41. The molecule has 2 aromatic rings. The third kappa shape index (κ3) is 7.59. The summed E-state index contributed by atoms with van der Waals surface area (Å²) in [5, 5.41) is 22.2. The Kier molecular flexibility index (Phi) is 9.63. The van der Waals surface area contributed by atoms with E-state index < -0.39 is 11.7 Å². The van der Waals surface area contributed by atoms with Crippen molar-refractivity contribution in [2.45, 2.75) is 64.4 Å². The van der Waals surface area contributed by atoms with E-state index in [0.717, 1.165) is 17.9 Å². The fraction of sp³-hybridized carbons (Fsp3) is 0.556. The lowest BCUT2D eigenvalue weighted by Gasteiger charge is -2.42. The summed E-state index contributed by atoms with van der Waals surface area (Å²) in [4.78, 5) is 4.56. The van der Waals surface area contributed by atoms with E-state index in [1.54, 1.807) is 24.3 Å². The normalized spacial score (nSPS) is 21.4. The minimum Gasteiger partial charge on any atom is -0.492 e. The molecule has 1 aliphatic rings. The molecule has 0 spiro atoms. The zero-order valence-corrected chi connectivity index (χ0v) is 21.5. The van der Waals surface area contributed by atoms with Gasteiger partial charge in [0.25, 0.3) is 0 Å². The zero-order valence-electron chi connectivity index (χ0n) is 20.8. The summed E-state index contributed by atoms with van der Waals surface area (Å²) in [6.45, 7) is 12.1. The first-order chi connectivity index (χ1) is 16.2. The van der Waals surface area contributed by atoms with E-state index in [1.165, 1.54) is 0 Å². The first-order valence-electron chi connectivity index (χ1n) is 12.1. The number of halogens is 1. The van der Waals surface area contributed by atoms with E-state index >= 15 is 0 Å². The molecule has 6 nitrogen and oxygen atoms in total. The molecule has 2 N–H and O–H groups in total. The number of hydrogen-bond donors (Lipinski definition) is 2. The molecule has 0 aromatic heterocycles. The molecule has 0 unspecified atom stereocenters. The fourth-order valence-corrected chi connectivity index (χ4v) is 4.62. The van der Waals surface area contributed by atoms with Crippen LogP contribution in [0.5, 0.6) is 11.5 Å². The Morgan fingerprint density at radius 3 is 2.21 bits per heavy atom. The molecule has 3 rings (SSSR count). The summed E-state index contributed by atoms with van der Waals surface area (Å²) in [7, 11) is 0. The van der Waals surface area contributed by atoms with E-state index in [4.69, 9.17) is 21.1 Å². The molecule has 0 amide bonds. The lowest BCUT2D eigenvalue weighted by Crippen LogP contribution is -2.59. The van der Waals surface area contributed by atoms with E-state index in [2.05, 4.69) is 49.6 Å². The second-order valence-corrected chi connectivity index (χ2v) is 10.2. The Labute approximate surface area is 209 Å². The van der Waals surface area contributed by atoms with Gasteiger partial charge in [-0.1, -0.05) is 23.7 Å². The molecule has 188 valence electrons. The summed E-state index contributed by atoms with van der Waals surface area (Å²) in [6, 6.07) is 16.1. The van der Waals surface area contributed by atoms with Gasteiger partial charge in [-0.05, 0) is 76.1 Å². The van der Waals surface area contributed by atoms with Crippen LogP contribution in [-0.2, 0) is 6.54 Å². The minimum absolute atomic E-state index is 0.0167. The molecule has 34 heavy (non-hydrogen) atoms. The number of aliphatic hydroxyl groups is 2. The van der Waals surface area contributed by atoms with Crippen LogP contribution in [0.4, 0.5) is 0 Å². The highest BCUT2D eigenvalue weighted by Gasteiger charge is 2.42. The van der Waals surface area contributed by atoms with E-state index in [-0.39, 0.29) is 6.61 Å². The number of aliphatic hydroxyl groups excluding tert-OH is 1. The van der Waals surface area contributed by atoms with Gasteiger partial charge in [-0.15, -0.1) is 0 Å². The molecular formula is C27H39ClN2O4. The predicted octanol–water partition coefficient (Wildman–Crippen LogP) is 4.21. The molecule has 0 bridgehead atoms. The summed E-state index contributed by atoms with van der Waals surface area (Å²) < 4.78 is 11.7. The van der Waals surface area contributed by atoms with Crippen LogP contribution >= 0.6 is 11.6 Å². The lowest BCUT2D eigenvalue weighted by atomic mass is 9.90. The second-order valence-electron chi connectivity index (χ2n) is 9.78.